The highest BCUT2D eigenvalue weighted by Gasteiger charge is 2.07. The first-order valence-electron chi connectivity index (χ1n) is 9.35. The summed E-state index contributed by atoms with van der Waals surface area (Å²) in [5.74, 6) is 1.94. The first-order valence-corrected chi connectivity index (χ1v) is 9.35. The molecule has 1 amide bonds. The molecule has 2 aromatic rings. The van der Waals surface area contributed by atoms with Gasteiger partial charge in [0.1, 0.15) is 11.5 Å². The summed E-state index contributed by atoms with van der Waals surface area (Å²) in [7, 11) is 0. The van der Waals surface area contributed by atoms with E-state index in [9.17, 15) is 4.79 Å². The molecular weight excluding hydrogens is 326 g/mol. The number of unbranched alkanes of at least 4 members (excludes halogenated alkanes) is 2. The molecule has 0 saturated carbocycles. The van der Waals surface area contributed by atoms with E-state index in [-0.39, 0.29) is 5.91 Å². The Morgan fingerprint density at radius 2 is 1.54 bits per heavy atom. The van der Waals surface area contributed by atoms with Crippen molar-refractivity contribution < 1.29 is 14.3 Å². The summed E-state index contributed by atoms with van der Waals surface area (Å²) >= 11 is 0. The van der Waals surface area contributed by atoms with Gasteiger partial charge in [0.05, 0.1) is 13.2 Å². The molecule has 0 radical (unpaired) electrons. The van der Waals surface area contributed by atoms with Crippen molar-refractivity contribution in [2.45, 2.75) is 40.0 Å². The molecule has 0 aliphatic heterocycles. The summed E-state index contributed by atoms with van der Waals surface area (Å²) in [6, 6.07) is 14.7. The second-order valence-electron chi connectivity index (χ2n) is 6.76. The standard InChI is InChI=1S/C22H29NO3/c1-4-5-6-15-25-20-11-7-18(8-12-20)22(24)23-19-9-13-21(14-10-19)26-16-17(2)3/h7-14,17H,4-6,15-16H2,1-3H3,(H,23,24). The minimum absolute atomic E-state index is 0.140. The van der Waals surface area contributed by atoms with Gasteiger partial charge in [-0.05, 0) is 60.9 Å². The zero-order chi connectivity index (χ0) is 18.8. The molecule has 0 heterocycles. The minimum Gasteiger partial charge on any atom is -0.494 e. The number of hydrogen-bond acceptors (Lipinski definition) is 3. The van der Waals surface area contributed by atoms with Crippen molar-refractivity contribution in [3.8, 4) is 11.5 Å². The van der Waals surface area contributed by atoms with Crippen LogP contribution >= 0.6 is 0 Å². The molecule has 0 unspecified atom stereocenters. The fourth-order valence-electron chi connectivity index (χ4n) is 2.35. The van der Waals surface area contributed by atoms with Crippen LogP contribution in [0.5, 0.6) is 11.5 Å². The zero-order valence-electron chi connectivity index (χ0n) is 16.0. The van der Waals surface area contributed by atoms with Gasteiger partial charge in [-0.3, -0.25) is 4.79 Å². The monoisotopic (exact) mass is 355 g/mol. The van der Waals surface area contributed by atoms with E-state index in [0.29, 0.717) is 24.7 Å². The average Bonchev–Trinajstić information content (AvgIpc) is 2.65. The molecule has 0 spiro atoms. The van der Waals surface area contributed by atoms with Gasteiger partial charge < -0.3 is 14.8 Å². The summed E-state index contributed by atoms with van der Waals surface area (Å²) in [6.07, 6.45) is 3.39. The van der Waals surface area contributed by atoms with Crippen LogP contribution in [0, 0.1) is 5.92 Å². The van der Waals surface area contributed by atoms with E-state index in [1.165, 1.54) is 12.8 Å². The van der Waals surface area contributed by atoms with Crippen molar-refractivity contribution in [3.05, 3.63) is 54.1 Å². The third kappa shape index (κ3) is 6.79. The Bertz CT molecular complexity index is 663. The summed E-state index contributed by atoms with van der Waals surface area (Å²) < 4.78 is 11.3. The minimum atomic E-state index is -0.140. The van der Waals surface area contributed by atoms with Crippen LogP contribution in [0.1, 0.15) is 50.4 Å². The fourth-order valence-corrected chi connectivity index (χ4v) is 2.35. The normalized spacial score (nSPS) is 10.6. The third-order valence-corrected chi connectivity index (χ3v) is 3.83. The number of anilines is 1. The Morgan fingerprint density at radius 1 is 0.923 bits per heavy atom. The molecule has 2 aromatic carbocycles. The second-order valence-corrected chi connectivity index (χ2v) is 6.76. The molecule has 140 valence electrons. The number of ether oxygens (including phenoxy) is 2. The molecule has 0 aromatic heterocycles. The number of rotatable bonds is 10. The van der Waals surface area contributed by atoms with Crippen molar-refractivity contribution >= 4 is 11.6 Å². The van der Waals surface area contributed by atoms with Crippen LogP contribution in [0.3, 0.4) is 0 Å². The van der Waals surface area contributed by atoms with E-state index >= 15 is 0 Å². The van der Waals surface area contributed by atoms with Gasteiger partial charge in [0.25, 0.3) is 5.91 Å². The fraction of sp³-hybridized carbons (Fsp3) is 0.409. The van der Waals surface area contributed by atoms with Gasteiger partial charge in [0.15, 0.2) is 0 Å². The number of hydrogen-bond donors (Lipinski definition) is 1. The summed E-state index contributed by atoms with van der Waals surface area (Å²) in [5.41, 5.74) is 1.35. The molecule has 0 atom stereocenters. The van der Waals surface area contributed by atoms with E-state index in [1.807, 2.05) is 36.4 Å². The van der Waals surface area contributed by atoms with Crippen LogP contribution in [0.2, 0.25) is 0 Å². The SMILES string of the molecule is CCCCCOc1ccc(C(=O)Nc2ccc(OCC(C)C)cc2)cc1. The Balaban J connectivity index is 1.85. The predicted octanol–water partition coefficient (Wildman–Crippen LogP) is 5.54. The number of amides is 1. The highest BCUT2D eigenvalue weighted by Crippen LogP contribution is 2.18. The largest absolute Gasteiger partial charge is 0.494 e. The lowest BCUT2D eigenvalue weighted by atomic mass is 10.2. The lowest BCUT2D eigenvalue weighted by molar-refractivity contribution is 0.102. The highest BCUT2D eigenvalue weighted by atomic mass is 16.5. The quantitative estimate of drug-likeness (QED) is 0.569. The van der Waals surface area contributed by atoms with Gasteiger partial charge in [-0.25, -0.2) is 0 Å². The van der Waals surface area contributed by atoms with Crippen molar-refractivity contribution in [1.82, 2.24) is 0 Å². The first-order chi connectivity index (χ1) is 12.6. The Labute approximate surface area is 156 Å². The van der Waals surface area contributed by atoms with Crippen LogP contribution in [0.15, 0.2) is 48.5 Å². The van der Waals surface area contributed by atoms with E-state index in [1.54, 1.807) is 12.1 Å². The van der Waals surface area contributed by atoms with Crippen molar-refractivity contribution in [1.29, 1.82) is 0 Å². The average molecular weight is 355 g/mol. The summed E-state index contributed by atoms with van der Waals surface area (Å²) in [6.45, 7) is 7.77. The maximum absolute atomic E-state index is 12.3. The molecule has 4 heteroatoms. The van der Waals surface area contributed by atoms with E-state index < -0.39 is 0 Å². The van der Waals surface area contributed by atoms with Crippen LogP contribution in [0.25, 0.3) is 0 Å². The molecule has 1 N–H and O–H groups in total. The maximum atomic E-state index is 12.3. The van der Waals surface area contributed by atoms with Crippen molar-refractivity contribution in [2.75, 3.05) is 18.5 Å². The topological polar surface area (TPSA) is 47.6 Å². The zero-order valence-corrected chi connectivity index (χ0v) is 16.0. The maximum Gasteiger partial charge on any atom is 0.255 e. The smallest absolute Gasteiger partial charge is 0.255 e. The number of nitrogens with one attached hydrogen (secondary N) is 1. The second kappa shape index (κ2) is 10.5. The third-order valence-electron chi connectivity index (χ3n) is 3.83. The Hall–Kier alpha value is -2.49. The molecule has 26 heavy (non-hydrogen) atoms. The van der Waals surface area contributed by atoms with Crippen molar-refractivity contribution in [2.24, 2.45) is 5.92 Å². The van der Waals surface area contributed by atoms with Gasteiger partial charge in [0, 0.05) is 11.3 Å². The van der Waals surface area contributed by atoms with Gasteiger partial charge in [-0.1, -0.05) is 33.6 Å². The lowest BCUT2D eigenvalue weighted by Gasteiger charge is -2.10. The van der Waals surface area contributed by atoms with E-state index in [4.69, 9.17) is 9.47 Å². The van der Waals surface area contributed by atoms with E-state index in [0.717, 1.165) is 23.6 Å². The number of benzene rings is 2. The molecular formula is C22H29NO3. The van der Waals surface area contributed by atoms with Gasteiger partial charge in [0.2, 0.25) is 0 Å². The molecule has 0 aliphatic rings. The van der Waals surface area contributed by atoms with Gasteiger partial charge in [-0.15, -0.1) is 0 Å². The number of carbonyl (C=O) groups excluding carboxylic acids is 1. The molecule has 2 rings (SSSR count). The van der Waals surface area contributed by atoms with Gasteiger partial charge in [-0.2, -0.15) is 0 Å². The van der Waals surface area contributed by atoms with Crippen LogP contribution < -0.4 is 14.8 Å². The van der Waals surface area contributed by atoms with Crippen LogP contribution in [-0.2, 0) is 0 Å². The summed E-state index contributed by atoms with van der Waals surface area (Å²) in [4.78, 5) is 12.3. The first kappa shape index (κ1) is 19.8. The van der Waals surface area contributed by atoms with Gasteiger partial charge >= 0.3 is 0 Å². The molecule has 0 saturated heterocycles. The Morgan fingerprint density at radius 3 is 2.15 bits per heavy atom. The van der Waals surface area contributed by atoms with Crippen LogP contribution in [0.4, 0.5) is 5.69 Å². The highest BCUT2D eigenvalue weighted by molar-refractivity contribution is 6.04. The number of carbonyl (C=O) groups is 1. The molecule has 4 nitrogen and oxygen atoms in total. The predicted molar refractivity (Wildman–Crippen MR) is 106 cm³/mol. The molecule has 0 bridgehead atoms. The van der Waals surface area contributed by atoms with Crippen molar-refractivity contribution in [3.63, 3.8) is 0 Å². The Kier molecular flexibility index (Phi) is 8.00. The molecule has 0 aliphatic carbocycles. The lowest BCUT2D eigenvalue weighted by Crippen LogP contribution is -2.11. The molecule has 0 fully saturated rings. The van der Waals surface area contributed by atoms with E-state index in [2.05, 4.69) is 26.1 Å². The summed E-state index contributed by atoms with van der Waals surface area (Å²) in [5, 5.41) is 2.89. The van der Waals surface area contributed by atoms with Crippen LogP contribution in [-0.4, -0.2) is 19.1 Å².